The topological polar surface area (TPSA) is 80.3 Å². The van der Waals surface area contributed by atoms with E-state index in [-0.39, 0.29) is 17.9 Å². The van der Waals surface area contributed by atoms with Gasteiger partial charge in [-0.2, -0.15) is 0 Å². The lowest BCUT2D eigenvalue weighted by atomic mass is 10.0. The zero-order valence-corrected chi connectivity index (χ0v) is 13.7. The molecule has 2 atom stereocenters. The maximum Gasteiger partial charge on any atom is 0.242 e. The van der Waals surface area contributed by atoms with Crippen LogP contribution in [0.3, 0.4) is 0 Å². The van der Waals surface area contributed by atoms with E-state index in [1.54, 1.807) is 6.20 Å². The Labute approximate surface area is 145 Å². The number of ether oxygens (including phenoxy) is 1. The lowest BCUT2D eigenvalue weighted by Gasteiger charge is -2.15. The first kappa shape index (κ1) is 15.6. The molecule has 2 amide bonds. The van der Waals surface area contributed by atoms with Crippen LogP contribution in [0, 0.1) is 0 Å². The first-order chi connectivity index (χ1) is 12.2. The summed E-state index contributed by atoms with van der Waals surface area (Å²) in [6, 6.07) is 11.4. The molecule has 128 valence electrons. The summed E-state index contributed by atoms with van der Waals surface area (Å²) in [5.41, 5.74) is 2.96. The highest BCUT2D eigenvalue weighted by molar-refractivity contribution is 5.90. The SMILES string of the molecule is O=C1CC[C@@H](C(=O)NC[C@H]2Cc3cccc(-c4ccccn4)c3O2)N1. The molecule has 1 aromatic carbocycles. The van der Waals surface area contributed by atoms with Crippen molar-refractivity contribution in [3.8, 4) is 17.0 Å². The number of hydrogen-bond acceptors (Lipinski definition) is 4. The summed E-state index contributed by atoms with van der Waals surface area (Å²) in [5, 5.41) is 5.56. The number of nitrogens with zero attached hydrogens (tertiary/aromatic N) is 1. The zero-order chi connectivity index (χ0) is 17.2. The van der Waals surface area contributed by atoms with Gasteiger partial charge in [-0.1, -0.05) is 18.2 Å². The molecule has 2 aliphatic rings. The molecule has 3 heterocycles. The van der Waals surface area contributed by atoms with Gasteiger partial charge in [0.25, 0.3) is 0 Å². The largest absolute Gasteiger partial charge is 0.487 e. The van der Waals surface area contributed by atoms with Gasteiger partial charge in [-0.25, -0.2) is 0 Å². The summed E-state index contributed by atoms with van der Waals surface area (Å²) in [5.74, 6) is 0.634. The molecule has 2 aliphatic heterocycles. The summed E-state index contributed by atoms with van der Waals surface area (Å²) >= 11 is 0. The maximum atomic E-state index is 12.1. The number of carbonyl (C=O) groups is 2. The number of fused-ring (bicyclic) bond motifs is 1. The second-order valence-corrected chi connectivity index (χ2v) is 6.36. The van der Waals surface area contributed by atoms with Gasteiger partial charge in [-0.05, 0) is 30.2 Å². The maximum absolute atomic E-state index is 12.1. The van der Waals surface area contributed by atoms with Gasteiger partial charge in [0, 0.05) is 24.6 Å². The number of pyridine rings is 1. The molecule has 6 heteroatoms. The Balaban J connectivity index is 1.42. The first-order valence-electron chi connectivity index (χ1n) is 8.48. The minimum atomic E-state index is -0.416. The van der Waals surface area contributed by atoms with Crippen molar-refractivity contribution in [3.63, 3.8) is 0 Å². The van der Waals surface area contributed by atoms with Crippen molar-refractivity contribution in [1.82, 2.24) is 15.6 Å². The number of hydrogen-bond donors (Lipinski definition) is 2. The fraction of sp³-hybridized carbons (Fsp3) is 0.316. The van der Waals surface area contributed by atoms with Crippen LogP contribution in [0.2, 0.25) is 0 Å². The van der Waals surface area contributed by atoms with Gasteiger partial charge >= 0.3 is 0 Å². The minimum absolute atomic E-state index is 0.0651. The molecule has 0 saturated carbocycles. The number of nitrogens with one attached hydrogen (secondary N) is 2. The second-order valence-electron chi connectivity index (χ2n) is 6.36. The molecule has 0 spiro atoms. The molecule has 2 N–H and O–H groups in total. The average Bonchev–Trinajstić information content (AvgIpc) is 3.26. The molecule has 0 radical (unpaired) electrons. The van der Waals surface area contributed by atoms with Crippen molar-refractivity contribution in [3.05, 3.63) is 48.2 Å². The van der Waals surface area contributed by atoms with Crippen molar-refractivity contribution in [2.75, 3.05) is 6.54 Å². The predicted molar refractivity (Wildman–Crippen MR) is 92.0 cm³/mol. The van der Waals surface area contributed by atoms with Crippen LogP contribution < -0.4 is 15.4 Å². The van der Waals surface area contributed by atoms with E-state index in [1.165, 1.54) is 0 Å². The van der Waals surface area contributed by atoms with Gasteiger partial charge < -0.3 is 15.4 Å². The van der Waals surface area contributed by atoms with E-state index in [9.17, 15) is 9.59 Å². The van der Waals surface area contributed by atoms with E-state index in [2.05, 4.69) is 15.6 Å². The monoisotopic (exact) mass is 337 g/mol. The summed E-state index contributed by atoms with van der Waals surface area (Å²) < 4.78 is 6.08. The predicted octanol–water partition coefficient (Wildman–Crippen LogP) is 1.45. The third-order valence-corrected chi connectivity index (χ3v) is 4.59. The Morgan fingerprint density at radius 3 is 2.96 bits per heavy atom. The number of rotatable bonds is 4. The van der Waals surface area contributed by atoms with Gasteiger partial charge in [0.05, 0.1) is 12.2 Å². The molecular weight excluding hydrogens is 318 g/mol. The van der Waals surface area contributed by atoms with Gasteiger partial charge in [-0.15, -0.1) is 0 Å². The molecule has 1 aromatic heterocycles. The fourth-order valence-electron chi connectivity index (χ4n) is 3.32. The molecule has 0 unspecified atom stereocenters. The van der Waals surface area contributed by atoms with Gasteiger partial charge in [0.1, 0.15) is 17.9 Å². The Bertz CT molecular complexity index is 807. The molecule has 1 saturated heterocycles. The molecule has 4 rings (SSSR count). The van der Waals surface area contributed by atoms with Crippen molar-refractivity contribution >= 4 is 11.8 Å². The van der Waals surface area contributed by atoms with E-state index in [0.29, 0.717) is 19.4 Å². The molecular formula is C19H19N3O3. The smallest absolute Gasteiger partial charge is 0.242 e. The van der Waals surface area contributed by atoms with E-state index in [4.69, 9.17) is 4.74 Å². The highest BCUT2D eigenvalue weighted by Crippen LogP contribution is 2.37. The lowest BCUT2D eigenvalue weighted by molar-refractivity contribution is -0.126. The van der Waals surface area contributed by atoms with Crippen LogP contribution in [0.1, 0.15) is 18.4 Å². The van der Waals surface area contributed by atoms with Crippen LogP contribution >= 0.6 is 0 Å². The van der Waals surface area contributed by atoms with Crippen LogP contribution in [-0.4, -0.2) is 35.5 Å². The number of carbonyl (C=O) groups excluding carboxylic acids is 2. The average molecular weight is 337 g/mol. The van der Waals surface area contributed by atoms with Crippen LogP contribution in [0.5, 0.6) is 5.75 Å². The number of aromatic nitrogens is 1. The molecule has 0 aliphatic carbocycles. The van der Waals surface area contributed by atoms with Crippen molar-refractivity contribution in [2.45, 2.75) is 31.4 Å². The molecule has 25 heavy (non-hydrogen) atoms. The second kappa shape index (κ2) is 6.55. The normalized spacial score (nSPS) is 21.4. The third-order valence-electron chi connectivity index (χ3n) is 4.59. The lowest BCUT2D eigenvalue weighted by Crippen LogP contribution is -2.44. The zero-order valence-electron chi connectivity index (χ0n) is 13.7. The van der Waals surface area contributed by atoms with E-state index in [1.807, 2.05) is 36.4 Å². The van der Waals surface area contributed by atoms with Crippen molar-refractivity contribution in [2.24, 2.45) is 0 Å². The molecule has 0 bridgehead atoms. The van der Waals surface area contributed by atoms with Gasteiger partial charge in [0.2, 0.25) is 11.8 Å². The summed E-state index contributed by atoms with van der Waals surface area (Å²) in [4.78, 5) is 27.7. The molecule has 1 fully saturated rings. The van der Waals surface area contributed by atoms with Gasteiger partial charge in [-0.3, -0.25) is 14.6 Å². The number of amides is 2. The summed E-state index contributed by atoms with van der Waals surface area (Å²) in [7, 11) is 0. The minimum Gasteiger partial charge on any atom is -0.487 e. The summed E-state index contributed by atoms with van der Waals surface area (Å²) in [6.45, 7) is 0.418. The third kappa shape index (κ3) is 3.20. The molecule has 2 aromatic rings. The van der Waals surface area contributed by atoms with Crippen LogP contribution in [0.15, 0.2) is 42.6 Å². The number of benzene rings is 1. The molecule has 6 nitrogen and oxygen atoms in total. The fourth-order valence-corrected chi connectivity index (χ4v) is 3.32. The van der Waals surface area contributed by atoms with Gasteiger partial charge in [0.15, 0.2) is 0 Å². The standard InChI is InChI=1S/C19H19N3O3/c23-17-8-7-16(22-17)19(24)21-11-13-10-12-4-3-5-14(18(12)25-13)15-6-1-2-9-20-15/h1-6,9,13,16H,7-8,10-11H2,(H,21,24)(H,22,23)/t13-,16+/m1/s1. The highest BCUT2D eigenvalue weighted by atomic mass is 16.5. The van der Waals surface area contributed by atoms with E-state index >= 15 is 0 Å². The van der Waals surface area contributed by atoms with Crippen molar-refractivity contribution < 1.29 is 14.3 Å². The van der Waals surface area contributed by atoms with Crippen LogP contribution in [-0.2, 0) is 16.0 Å². The van der Waals surface area contributed by atoms with Crippen molar-refractivity contribution in [1.29, 1.82) is 0 Å². The highest BCUT2D eigenvalue weighted by Gasteiger charge is 2.30. The Morgan fingerprint density at radius 2 is 2.20 bits per heavy atom. The Kier molecular flexibility index (Phi) is 4.09. The van der Waals surface area contributed by atoms with Crippen LogP contribution in [0.25, 0.3) is 11.3 Å². The Hall–Kier alpha value is -2.89. The first-order valence-corrected chi connectivity index (χ1v) is 8.48. The number of para-hydroxylation sites is 1. The van der Waals surface area contributed by atoms with E-state index in [0.717, 1.165) is 29.0 Å². The Morgan fingerprint density at radius 1 is 1.28 bits per heavy atom. The quantitative estimate of drug-likeness (QED) is 0.885. The summed E-state index contributed by atoms with van der Waals surface area (Å²) in [6.07, 6.45) is 3.36. The van der Waals surface area contributed by atoms with Crippen LogP contribution in [0.4, 0.5) is 0 Å². The van der Waals surface area contributed by atoms with E-state index < -0.39 is 6.04 Å².